The first kappa shape index (κ1) is 19.4. The van der Waals surface area contributed by atoms with Gasteiger partial charge in [0.15, 0.2) is 0 Å². The molecule has 0 radical (unpaired) electrons. The minimum absolute atomic E-state index is 0.232. The molecule has 2 aromatic heterocycles. The van der Waals surface area contributed by atoms with Crippen molar-refractivity contribution in [2.24, 2.45) is 5.92 Å². The van der Waals surface area contributed by atoms with Gasteiger partial charge in [0.25, 0.3) is 11.7 Å². The summed E-state index contributed by atoms with van der Waals surface area (Å²) in [5.41, 5.74) is 1.38. The van der Waals surface area contributed by atoms with E-state index in [-0.39, 0.29) is 12.1 Å². The van der Waals surface area contributed by atoms with Gasteiger partial charge in [-0.2, -0.15) is 0 Å². The summed E-state index contributed by atoms with van der Waals surface area (Å²) in [6, 6.07) is 5.90. The van der Waals surface area contributed by atoms with Crippen molar-refractivity contribution >= 4 is 22.6 Å². The van der Waals surface area contributed by atoms with E-state index in [1.807, 2.05) is 0 Å². The number of hydrogen-bond acceptors (Lipinski definition) is 4. The molecule has 1 fully saturated rings. The molecule has 2 heterocycles. The van der Waals surface area contributed by atoms with Crippen LogP contribution in [0.15, 0.2) is 35.0 Å². The summed E-state index contributed by atoms with van der Waals surface area (Å²) in [5, 5.41) is 4.53. The topological polar surface area (TPSA) is 79.2 Å². The quantitative estimate of drug-likeness (QED) is 0.494. The summed E-state index contributed by atoms with van der Waals surface area (Å²) < 4.78 is 18.6. The van der Waals surface area contributed by atoms with Crippen molar-refractivity contribution in [3.63, 3.8) is 0 Å². The van der Waals surface area contributed by atoms with Crippen molar-refractivity contribution in [1.29, 1.82) is 0 Å². The monoisotopic (exact) mass is 397 g/mol. The second kappa shape index (κ2) is 8.19. The van der Waals surface area contributed by atoms with Gasteiger partial charge >= 0.3 is 0 Å². The van der Waals surface area contributed by atoms with Gasteiger partial charge < -0.3 is 14.4 Å². The number of carbonyl (C=O) groups is 2. The first-order chi connectivity index (χ1) is 14.0. The average molecular weight is 397 g/mol. The molecule has 4 rings (SSSR count). The molecule has 29 heavy (non-hydrogen) atoms. The molecule has 0 bridgehead atoms. The van der Waals surface area contributed by atoms with Crippen molar-refractivity contribution in [3.05, 3.63) is 53.3 Å². The highest BCUT2D eigenvalue weighted by Gasteiger charge is 2.29. The van der Waals surface area contributed by atoms with Gasteiger partial charge in [0.05, 0.1) is 12.1 Å². The van der Waals surface area contributed by atoms with E-state index in [4.69, 9.17) is 4.52 Å². The van der Waals surface area contributed by atoms with Gasteiger partial charge in [0, 0.05) is 29.7 Å². The molecular formula is C22H24FN3O3. The molecule has 1 amide bonds. The SMILES string of the molecule is Cc1cc(CN(CC2CCCCC2)C(=O)C(=O)c2c[nH]c3cc(F)ccc23)no1. The van der Waals surface area contributed by atoms with Gasteiger partial charge in [-0.3, -0.25) is 9.59 Å². The third-order valence-corrected chi connectivity index (χ3v) is 5.60. The molecule has 152 valence electrons. The van der Waals surface area contributed by atoms with Crippen LogP contribution in [0.3, 0.4) is 0 Å². The minimum atomic E-state index is -0.598. The maximum atomic E-state index is 13.4. The number of aromatic nitrogens is 2. The Labute approximate surface area is 168 Å². The van der Waals surface area contributed by atoms with E-state index in [1.54, 1.807) is 17.9 Å². The van der Waals surface area contributed by atoms with Gasteiger partial charge in [0.2, 0.25) is 0 Å². The van der Waals surface area contributed by atoms with E-state index in [9.17, 15) is 14.0 Å². The van der Waals surface area contributed by atoms with Crippen LogP contribution in [0.25, 0.3) is 10.9 Å². The van der Waals surface area contributed by atoms with Crippen molar-refractivity contribution in [2.75, 3.05) is 6.54 Å². The molecule has 0 aliphatic heterocycles. The maximum Gasteiger partial charge on any atom is 0.295 e. The lowest BCUT2D eigenvalue weighted by molar-refractivity contribution is -0.127. The fourth-order valence-corrected chi connectivity index (χ4v) is 4.13. The van der Waals surface area contributed by atoms with Crippen LogP contribution in [-0.4, -0.2) is 33.3 Å². The summed E-state index contributed by atoms with van der Waals surface area (Å²) in [6.45, 7) is 2.54. The Morgan fingerprint density at radius 1 is 1.24 bits per heavy atom. The van der Waals surface area contributed by atoms with Gasteiger partial charge in [0.1, 0.15) is 17.3 Å². The third-order valence-electron chi connectivity index (χ3n) is 5.60. The zero-order valence-corrected chi connectivity index (χ0v) is 16.4. The van der Waals surface area contributed by atoms with Gasteiger partial charge in [-0.15, -0.1) is 0 Å². The zero-order valence-electron chi connectivity index (χ0n) is 16.4. The van der Waals surface area contributed by atoms with Gasteiger partial charge in [-0.05, 0) is 43.9 Å². The Kier molecular flexibility index (Phi) is 5.47. The predicted octanol–water partition coefficient (Wildman–Crippen LogP) is 4.40. The van der Waals surface area contributed by atoms with Crippen molar-refractivity contribution in [3.8, 4) is 0 Å². The summed E-state index contributed by atoms with van der Waals surface area (Å²) >= 11 is 0. The summed E-state index contributed by atoms with van der Waals surface area (Å²) in [4.78, 5) is 30.7. The van der Waals surface area contributed by atoms with E-state index in [2.05, 4.69) is 10.1 Å². The van der Waals surface area contributed by atoms with Crippen LogP contribution in [0.5, 0.6) is 0 Å². The molecule has 0 unspecified atom stereocenters. The highest BCUT2D eigenvalue weighted by molar-refractivity contribution is 6.44. The maximum absolute atomic E-state index is 13.4. The van der Waals surface area contributed by atoms with E-state index < -0.39 is 17.5 Å². The number of Topliss-reactive ketones (excluding diaryl/α,β-unsaturated/α-hetero) is 1. The number of nitrogens with zero attached hydrogens (tertiary/aromatic N) is 2. The lowest BCUT2D eigenvalue weighted by Crippen LogP contribution is -2.39. The number of H-pyrrole nitrogens is 1. The van der Waals surface area contributed by atoms with Crippen molar-refractivity contribution in [2.45, 2.75) is 45.6 Å². The molecular weight excluding hydrogens is 373 g/mol. The van der Waals surface area contributed by atoms with Crippen LogP contribution in [-0.2, 0) is 11.3 Å². The molecule has 1 N–H and O–H groups in total. The largest absolute Gasteiger partial charge is 0.361 e. The number of benzene rings is 1. The predicted molar refractivity (Wildman–Crippen MR) is 106 cm³/mol. The van der Waals surface area contributed by atoms with Crippen LogP contribution >= 0.6 is 0 Å². The van der Waals surface area contributed by atoms with E-state index in [0.29, 0.717) is 34.8 Å². The molecule has 0 atom stereocenters. The van der Waals surface area contributed by atoms with Crippen LogP contribution in [0, 0.1) is 18.7 Å². The summed E-state index contributed by atoms with van der Waals surface area (Å²) in [5.74, 6) is -0.522. The van der Waals surface area contributed by atoms with Crippen LogP contribution in [0.2, 0.25) is 0 Å². The number of ketones is 1. The number of fused-ring (bicyclic) bond motifs is 1. The fourth-order valence-electron chi connectivity index (χ4n) is 4.13. The van der Waals surface area contributed by atoms with Gasteiger partial charge in [-0.25, -0.2) is 4.39 Å². The molecule has 7 heteroatoms. The van der Waals surface area contributed by atoms with Gasteiger partial charge in [-0.1, -0.05) is 24.4 Å². The van der Waals surface area contributed by atoms with Crippen molar-refractivity contribution in [1.82, 2.24) is 15.0 Å². The number of carbonyl (C=O) groups excluding carboxylic acids is 2. The lowest BCUT2D eigenvalue weighted by Gasteiger charge is -2.29. The smallest absolute Gasteiger partial charge is 0.295 e. The number of hydrogen-bond donors (Lipinski definition) is 1. The first-order valence-electron chi connectivity index (χ1n) is 10.0. The molecule has 0 spiro atoms. The lowest BCUT2D eigenvalue weighted by atomic mass is 9.88. The van der Waals surface area contributed by atoms with E-state index in [0.717, 1.165) is 25.7 Å². The average Bonchev–Trinajstić information content (AvgIpc) is 3.32. The number of amides is 1. The van der Waals surface area contributed by atoms with Crippen LogP contribution < -0.4 is 0 Å². The normalized spacial score (nSPS) is 15.0. The Bertz CT molecular complexity index is 1030. The van der Waals surface area contributed by atoms with Crippen molar-refractivity contribution < 1.29 is 18.5 Å². The highest BCUT2D eigenvalue weighted by atomic mass is 19.1. The molecule has 3 aromatic rings. The molecule has 0 saturated heterocycles. The molecule has 1 aliphatic rings. The first-order valence-corrected chi connectivity index (χ1v) is 10.0. The Morgan fingerprint density at radius 3 is 2.76 bits per heavy atom. The zero-order chi connectivity index (χ0) is 20.4. The summed E-state index contributed by atoms with van der Waals surface area (Å²) in [6.07, 6.45) is 7.11. The fraction of sp³-hybridized carbons (Fsp3) is 0.409. The van der Waals surface area contributed by atoms with Crippen LogP contribution in [0.1, 0.15) is 53.9 Å². The number of halogens is 1. The Balaban J connectivity index is 1.59. The summed E-state index contributed by atoms with van der Waals surface area (Å²) in [7, 11) is 0. The van der Waals surface area contributed by atoms with E-state index in [1.165, 1.54) is 30.8 Å². The Hall–Kier alpha value is -2.96. The molecule has 1 aliphatic carbocycles. The second-order valence-corrected chi connectivity index (χ2v) is 7.84. The molecule has 1 aromatic carbocycles. The molecule has 6 nitrogen and oxygen atoms in total. The number of rotatable bonds is 6. The minimum Gasteiger partial charge on any atom is -0.361 e. The standard InChI is InChI=1S/C22H24FN3O3/c1-14-9-17(25-29-14)13-26(12-15-5-3-2-4-6-15)22(28)21(27)19-11-24-20-10-16(23)7-8-18(19)20/h7-11,15,24H,2-6,12-13H2,1H3. The number of nitrogens with one attached hydrogen (secondary N) is 1. The third kappa shape index (κ3) is 4.23. The van der Waals surface area contributed by atoms with Crippen LogP contribution in [0.4, 0.5) is 4.39 Å². The number of aromatic amines is 1. The Morgan fingerprint density at radius 2 is 2.03 bits per heavy atom. The second-order valence-electron chi connectivity index (χ2n) is 7.84. The molecule has 1 saturated carbocycles. The van der Waals surface area contributed by atoms with E-state index >= 15 is 0 Å². The highest BCUT2D eigenvalue weighted by Crippen LogP contribution is 2.26. The number of aryl methyl sites for hydroxylation is 1.